The number of aliphatic hydroxyl groups is 1. The topological polar surface area (TPSA) is 20.2 Å². The molecule has 0 fully saturated rings. The van der Waals surface area contributed by atoms with Gasteiger partial charge < -0.3 is 5.11 Å². The molecule has 0 heterocycles. The molecule has 0 saturated carbocycles. The molecule has 0 saturated heterocycles. The van der Waals surface area contributed by atoms with E-state index < -0.39 is 0 Å². The Kier molecular flexibility index (Phi) is 3.04. The molecular weight excluding hydrogens is 184 g/mol. The summed E-state index contributed by atoms with van der Waals surface area (Å²) in [6, 6.07) is 0. The summed E-state index contributed by atoms with van der Waals surface area (Å²) >= 11 is 0. The van der Waals surface area contributed by atoms with Gasteiger partial charge in [0.2, 0.25) is 0 Å². The molecule has 1 N–H and O–H groups in total. The first-order valence-electron chi connectivity index (χ1n) is 5.72. The van der Waals surface area contributed by atoms with Crippen molar-refractivity contribution in [3.8, 4) is 0 Å². The van der Waals surface area contributed by atoms with Gasteiger partial charge in [-0.1, -0.05) is 47.1 Å². The number of hydrogen-bond acceptors (Lipinski definition) is 1. The largest absolute Gasteiger partial charge is 0.508 e. The number of rotatable bonds is 0. The van der Waals surface area contributed by atoms with Crippen molar-refractivity contribution >= 4 is 0 Å². The van der Waals surface area contributed by atoms with Gasteiger partial charge in [0, 0.05) is 0 Å². The molecule has 1 rings (SSSR count). The zero-order valence-electron chi connectivity index (χ0n) is 10.9. The Morgan fingerprint density at radius 2 is 1.67 bits per heavy atom. The Labute approximate surface area is 93.9 Å². The summed E-state index contributed by atoms with van der Waals surface area (Å²) < 4.78 is 0. The molecule has 86 valence electrons. The summed E-state index contributed by atoms with van der Waals surface area (Å²) in [6.07, 6.45) is 4.99. The van der Waals surface area contributed by atoms with Crippen LogP contribution in [0.1, 0.15) is 48.0 Å². The number of allylic oxidation sites excluding steroid dienone is 3. The van der Waals surface area contributed by atoms with E-state index in [9.17, 15) is 5.11 Å². The van der Waals surface area contributed by atoms with Gasteiger partial charge in [0.05, 0.1) is 0 Å². The second-order valence-electron chi connectivity index (χ2n) is 6.69. The van der Waals surface area contributed by atoms with Gasteiger partial charge in [-0.2, -0.15) is 0 Å². The Morgan fingerprint density at radius 3 is 2.07 bits per heavy atom. The first-order chi connectivity index (χ1) is 6.60. The van der Waals surface area contributed by atoms with Gasteiger partial charge in [-0.25, -0.2) is 0 Å². The lowest BCUT2D eigenvalue weighted by Crippen LogP contribution is -2.25. The van der Waals surface area contributed by atoms with Gasteiger partial charge in [-0.15, -0.1) is 0 Å². The highest BCUT2D eigenvalue weighted by molar-refractivity contribution is 5.28. The molecule has 1 heteroatoms. The van der Waals surface area contributed by atoms with Crippen LogP contribution in [0.3, 0.4) is 0 Å². The molecule has 0 amide bonds. The maximum atomic E-state index is 9.76. The molecule has 1 nitrogen and oxygen atoms in total. The van der Waals surface area contributed by atoms with Crippen LogP contribution in [0.5, 0.6) is 0 Å². The summed E-state index contributed by atoms with van der Waals surface area (Å²) in [5.41, 5.74) is 1.73. The molecule has 0 spiro atoms. The molecule has 1 unspecified atom stereocenters. The zero-order chi connectivity index (χ0) is 11.9. The lowest BCUT2D eigenvalue weighted by molar-refractivity contribution is 0.262. The first kappa shape index (κ1) is 12.4. The molecule has 0 aromatic rings. The third-order valence-electron chi connectivity index (χ3n) is 3.21. The minimum Gasteiger partial charge on any atom is -0.508 e. The van der Waals surface area contributed by atoms with Gasteiger partial charge in [0.1, 0.15) is 5.76 Å². The van der Waals surface area contributed by atoms with Gasteiger partial charge in [0.15, 0.2) is 0 Å². The van der Waals surface area contributed by atoms with E-state index in [0.717, 1.165) is 6.42 Å². The molecule has 0 bridgehead atoms. The molecule has 0 aromatic heterocycles. The highest BCUT2D eigenvalue weighted by Gasteiger charge is 2.30. The van der Waals surface area contributed by atoms with Crippen LogP contribution < -0.4 is 0 Å². The predicted octanol–water partition coefficient (Wildman–Crippen LogP) is 4.47. The highest BCUT2D eigenvalue weighted by Crippen LogP contribution is 2.41. The van der Waals surface area contributed by atoms with Crippen molar-refractivity contribution in [1.29, 1.82) is 0 Å². The normalized spacial score (nSPS) is 23.5. The van der Waals surface area contributed by atoms with Crippen molar-refractivity contribution in [1.82, 2.24) is 0 Å². The minimum absolute atomic E-state index is 0.158. The van der Waals surface area contributed by atoms with Crippen molar-refractivity contribution in [3.63, 3.8) is 0 Å². The van der Waals surface area contributed by atoms with Crippen LogP contribution in [0.4, 0.5) is 0 Å². The van der Waals surface area contributed by atoms with Gasteiger partial charge in [-0.05, 0) is 35.3 Å². The van der Waals surface area contributed by atoms with E-state index in [4.69, 9.17) is 0 Å². The van der Waals surface area contributed by atoms with Crippen LogP contribution in [0.15, 0.2) is 23.5 Å². The van der Waals surface area contributed by atoms with E-state index in [1.54, 1.807) is 0 Å². The van der Waals surface area contributed by atoms with Crippen LogP contribution in [-0.2, 0) is 0 Å². The molecule has 0 aromatic carbocycles. The van der Waals surface area contributed by atoms with E-state index in [1.165, 1.54) is 5.57 Å². The third-order valence-corrected chi connectivity index (χ3v) is 3.21. The smallest absolute Gasteiger partial charge is 0.111 e. The monoisotopic (exact) mass is 208 g/mol. The van der Waals surface area contributed by atoms with Crippen molar-refractivity contribution in [2.45, 2.75) is 48.0 Å². The number of hydrogen-bond donors (Lipinski definition) is 1. The van der Waals surface area contributed by atoms with E-state index in [2.05, 4.69) is 41.5 Å². The van der Waals surface area contributed by atoms with Crippen LogP contribution in [0, 0.1) is 16.7 Å². The molecule has 1 atom stereocenters. The summed E-state index contributed by atoms with van der Waals surface area (Å²) in [5, 5.41) is 9.76. The van der Waals surface area contributed by atoms with Crippen molar-refractivity contribution in [3.05, 3.63) is 23.5 Å². The Balaban J connectivity index is 2.96. The first-order valence-corrected chi connectivity index (χ1v) is 5.72. The average molecular weight is 208 g/mol. The lowest BCUT2D eigenvalue weighted by Gasteiger charge is -2.35. The fourth-order valence-electron chi connectivity index (χ4n) is 1.87. The quantitative estimate of drug-likeness (QED) is 0.623. The molecule has 1 aliphatic rings. The van der Waals surface area contributed by atoms with E-state index >= 15 is 0 Å². The molecule has 15 heavy (non-hydrogen) atoms. The van der Waals surface area contributed by atoms with Crippen molar-refractivity contribution < 1.29 is 5.11 Å². The second-order valence-corrected chi connectivity index (χ2v) is 6.69. The summed E-state index contributed by atoms with van der Waals surface area (Å²) in [5.74, 6) is 0.878. The Hall–Kier alpha value is -0.720. The van der Waals surface area contributed by atoms with Crippen LogP contribution in [0.25, 0.3) is 0 Å². The highest BCUT2D eigenvalue weighted by atomic mass is 16.3. The van der Waals surface area contributed by atoms with E-state index in [0.29, 0.717) is 11.7 Å². The maximum absolute atomic E-state index is 9.76. The van der Waals surface area contributed by atoms with Crippen LogP contribution in [-0.4, -0.2) is 5.11 Å². The number of aliphatic hydroxyl groups excluding tert-OH is 1. The van der Waals surface area contributed by atoms with Gasteiger partial charge in [0.25, 0.3) is 0 Å². The molecular formula is C14H24O. The Bertz CT molecular complexity index is 294. The standard InChI is InChI=1S/C14H24O/c1-13(2,3)10-7-11(14(4,5)6)9-12(15)8-10/h8-10,15H,7H2,1-6H3. The maximum Gasteiger partial charge on any atom is 0.111 e. The fraction of sp³-hybridized carbons (Fsp3) is 0.714. The summed E-state index contributed by atoms with van der Waals surface area (Å²) in [4.78, 5) is 0. The summed E-state index contributed by atoms with van der Waals surface area (Å²) in [7, 11) is 0. The van der Waals surface area contributed by atoms with Crippen molar-refractivity contribution in [2.24, 2.45) is 16.7 Å². The molecule has 1 aliphatic carbocycles. The van der Waals surface area contributed by atoms with Crippen LogP contribution >= 0.6 is 0 Å². The second kappa shape index (κ2) is 3.70. The van der Waals surface area contributed by atoms with E-state index in [-0.39, 0.29) is 10.8 Å². The molecule has 0 aliphatic heterocycles. The summed E-state index contributed by atoms with van der Waals surface area (Å²) in [6.45, 7) is 13.3. The van der Waals surface area contributed by atoms with Gasteiger partial charge >= 0.3 is 0 Å². The zero-order valence-corrected chi connectivity index (χ0v) is 10.9. The SMILES string of the molecule is CC(C)(C)C1=CC(O)=CC(C(C)(C)C)C1. The van der Waals surface area contributed by atoms with Crippen molar-refractivity contribution in [2.75, 3.05) is 0 Å². The van der Waals surface area contributed by atoms with Gasteiger partial charge in [-0.3, -0.25) is 0 Å². The Morgan fingerprint density at radius 1 is 1.13 bits per heavy atom. The van der Waals surface area contributed by atoms with E-state index in [1.807, 2.05) is 12.2 Å². The van der Waals surface area contributed by atoms with Crippen LogP contribution in [0.2, 0.25) is 0 Å². The molecule has 0 radical (unpaired) electrons. The third kappa shape index (κ3) is 3.12. The lowest BCUT2D eigenvalue weighted by atomic mass is 9.70. The minimum atomic E-state index is 0.158. The fourth-order valence-corrected chi connectivity index (χ4v) is 1.87. The average Bonchev–Trinajstić information content (AvgIpc) is 1.99. The predicted molar refractivity (Wildman–Crippen MR) is 65.8 cm³/mol.